The number of carboxylic acid groups (broad SMARTS) is 1. The van der Waals surface area contributed by atoms with Crippen LogP contribution < -0.4 is 0 Å². The number of carbonyl (C=O) groups excluding carboxylic acids is 1. The van der Waals surface area contributed by atoms with Crippen LogP contribution in [0.1, 0.15) is 22.3 Å². The van der Waals surface area contributed by atoms with Gasteiger partial charge in [0.1, 0.15) is 5.82 Å². The van der Waals surface area contributed by atoms with Gasteiger partial charge in [0.05, 0.1) is 19.1 Å². The smallest absolute Gasteiger partial charge is 0.338 e. The maximum Gasteiger partial charge on any atom is 0.338 e. The molecule has 0 aliphatic rings. The fourth-order valence-electron chi connectivity index (χ4n) is 1.27. The van der Waals surface area contributed by atoms with Gasteiger partial charge < -0.3 is 9.84 Å². The zero-order valence-electron chi connectivity index (χ0n) is 9.81. The minimum absolute atomic E-state index is 0.282. The quantitative estimate of drug-likeness (QED) is 0.636. The first-order chi connectivity index (χ1) is 8.54. The van der Waals surface area contributed by atoms with Crippen molar-refractivity contribution in [2.24, 2.45) is 0 Å². The molecule has 1 aromatic rings. The van der Waals surface area contributed by atoms with Gasteiger partial charge in [-0.25, -0.2) is 9.18 Å². The third-order valence-corrected chi connectivity index (χ3v) is 3.24. The number of aromatic carboxylic acids is 1. The van der Waals surface area contributed by atoms with Crippen molar-refractivity contribution in [3.63, 3.8) is 0 Å². The van der Waals surface area contributed by atoms with Gasteiger partial charge in [-0.05, 0) is 17.7 Å². The first kappa shape index (κ1) is 14.5. The molecule has 0 unspecified atom stereocenters. The predicted molar refractivity (Wildman–Crippen MR) is 66.2 cm³/mol. The zero-order valence-corrected chi connectivity index (χ0v) is 10.6. The number of methoxy groups -OCH3 is 1. The summed E-state index contributed by atoms with van der Waals surface area (Å²) >= 11 is 1.46. The van der Waals surface area contributed by atoms with Crippen molar-refractivity contribution in [3.8, 4) is 0 Å². The summed E-state index contributed by atoms with van der Waals surface area (Å²) in [7, 11) is 1.33. The fraction of sp³-hybridized carbons (Fsp3) is 0.333. The number of hydrogen-bond acceptors (Lipinski definition) is 4. The summed E-state index contributed by atoms with van der Waals surface area (Å²) in [5.74, 6) is -1.20. The van der Waals surface area contributed by atoms with E-state index in [0.29, 0.717) is 23.5 Å². The van der Waals surface area contributed by atoms with Crippen LogP contribution in [0.5, 0.6) is 0 Å². The molecule has 0 fully saturated rings. The van der Waals surface area contributed by atoms with Gasteiger partial charge in [0, 0.05) is 11.5 Å². The second kappa shape index (κ2) is 7.00. The number of halogens is 1. The highest BCUT2D eigenvalue weighted by Gasteiger charge is 2.10. The first-order valence-corrected chi connectivity index (χ1v) is 6.36. The van der Waals surface area contributed by atoms with Crippen molar-refractivity contribution in [2.75, 3.05) is 12.9 Å². The maximum absolute atomic E-state index is 13.3. The Morgan fingerprint density at radius 2 is 2.17 bits per heavy atom. The van der Waals surface area contributed by atoms with Gasteiger partial charge >= 0.3 is 11.9 Å². The van der Waals surface area contributed by atoms with Gasteiger partial charge in [-0.1, -0.05) is 6.07 Å². The van der Waals surface area contributed by atoms with Crippen molar-refractivity contribution >= 4 is 23.7 Å². The molecule has 6 heteroatoms. The Morgan fingerprint density at radius 1 is 1.44 bits per heavy atom. The molecule has 18 heavy (non-hydrogen) atoms. The van der Waals surface area contributed by atoms with E-state index in [2.05, 4.69) is 4.74 Å². The lowest BCUT2D eigenvalue weighted by Crippen LogP contribution is -2.02. The van der Waals surface area contributed by atoms with Crippen molar-refractivity contribution in [1.29, 1.82) is 0 Å². The standard InChI is InChI=1S/C12H13FO4S/c1-17-11(14)4-5-18-7-8-2-3-9(12(15)16)10(13)6-8/h2-3,6H,4-5,7H2,1H3,(H,15,16). The summed E-state index contributed by atoms with van der Waals surface area (Å²) in [6, 6.07) is 4.01. The van der Waals surface area contributed by atoms with E-state index in [9.17, 15) is 14.0 Å². The highest BCUT2D eigenvalue weighted by molar-refractivity contribution is 7.98. The van der Waals surface area contributed by atoms with Crippen LogP contribution in [0.15, 0.2) is 18.2 Å². The maximum atomic E-state index is 13.3. The monoisotopic (exact) mass is 272 g/mol. The van der Waals surface area contributed by atoms with Crippen LogP contribution in [0.2, 0.25) is 0 Å². The summed E-state index contributed by atoms with van der Waals surface area (Å²) in [4.78, 5) is 21.4. The lowest BCUT2D eigenvalue weighted by atomic mass is 10.1. The van der Waals surface area contributed by atoms with Crippen molar-refractivity contribution in [3.05, 3.63) is 35.1 Å². The minimum atomic E-state index is -1.28. The van der Waals surface area contributed by atoms with Gasteiger partial charge in [0.15, 0.2) is 0 Å². The Labute approximate surface area is 108 Å². The molecule has 0 saturated carbocycles. The van der Waals surface area contributed by atoms with Crippen molar-refractivity contribution < 1.29 is 23.8 Å². The molecule has 0 aromatic heterocycles. The van der Waals surface area contributed by atoms with Crippen LogP contribution in [0.4, 0.5) is 4.39 Å². The Balaban J connectivity index is 2.46. The van der Waals surface area contributed by atoms with Gasteiger partial charge in [-0.15, -0.1) is 0 Å². The Kier molecular flexibility index (Phi) is 5.64. The molecule has 0 aliphatic heterocycles. The molecule has 0 spiro atoms. The molecule has 4 nitrogen and oxygen atoms in total. The Morgan fingerprint density at radius 3 is 2.72 bits per heavy atom. The van der Waals surface area contributed by atoms with E-state index in [4.69, 9.17) is 5.11 Å². The van der Waals surface area contributed by atoms with E-state index in [-0.39, 0.29) is 11.5 Å². The summed E-state index contributed by atoms with van der Waals surface area (Å²) in [6.07, 6.45) is 0.302. The van der Waals surface area contributed by atoms with Gasteiger partial charge in [0.25, 0.3) is 0 Å². The van der Waals surface area contributed by atoms with Gasteiger partial charge in [-0.3, -0.25) is 4.79 Å². The Bertz CT molecular complexity index is 448. The second-order valence-electron chi connectivity index (χ2n) is 3.50. The van der Waals surface area contributed by atoms with Gasteiger partial charge in [-0.2, -0.15) is 11.8 Å². The molecule has 1 aromatic carbocycles. The SMILES string of the molecule is COC(=O)CCSCc1ccc(C(=O)O)c(F)c1. The van der Waals surface area contributed by atoms with E-state index in [0.717, 1.165) is 0 Å². The van der Waals surface area contributed by atoms with Crippen LogP contribution in [0, 0.1) is 5.82 Å². The Hall–Kier alpha value is -1.56. The lowest BCUT2D eigenvalue weighted by molar-refractivity contribution is -0.140. The van der Waals surface area contributed by atoms with Crippen LogP contribution >= 0.6 is 11.8 Å². The molecule has 1 rings (SSSR count). The number of carbonyl (C=O) groups is 2. The molecule has 0 bridgehead atoms. The van der Waals surface area contributed by atoms with E-state index in [1.165, 1.54) is 31.0 Å². The van der Waals surface area contributed by atoms with E-state index < -0.39 is 11.8 Å². The summed E-state index contributed by atoms with van der Waals surface area (Å²) in [5, 5.41) is 8.66. The van der Waals surface area contributed by atoms with Crippen LogP contribution in [-0.4, -0.2) is 29.9 Å². The molecule has 0 saturated heterocycles. The highest BCUT2D eigenvalue weighted by atomic mass is 32.2. The third kappa shape index (κ3) is 4.37. The predicted octanol–water partition coefficient (Wildman–Crippen LogP) is 2.32. The number of hydrogen-bond donors (Lipinski definition) is 1. The van der Waals surface area contributed by atoms with Gasteiger partial charge in [0.2, 0.25) is 0 Å². The molecule has 1 N–H and O–H groups in total. The van der Waals surface area contributed by atoms with Crippen LogP contribution in [-0.2, 0) is 15.3 Å². The third-order valence-electron chi connectivity index (χ3n) is 2.21. The molecule has 0 atom stereocenters. The average Bonchev–Trinajstić information content (AvgIpc) is 2.34. The van der Waals surface area contributed by atoms with Crippen molar-refractivity contribution in [2.45, 2.75) is 12.2 Å². The minimum Gasteiger partial charge on any atom is -0.478 e. The van der Waals surface area contributed by atoms with Crippen LogP contribution in [0.25, 0.3) is 0 Å². The second-order valence-corrected chi connectivity index (χ2v) is 4.60. The first-order valence-electron chi connectivity index (χ1n) is 5.21. The lowest BCUT2D eigenvalue weighted by Gasteiger charge is -2.03. The fourth-order valence-corrected chi connectivity index (χ4v) is 2.14. The number of esters is 1. The number of thioether (sulfide) groups is 1. The normalized spacial score (nSPS) is 10.1. The molecule has 0 heterocycles. The average molecular weight is 272 g/mol. The van der Waals surface area contributed by atoms with Crippen molar-refractivity contribution in [1.82, 2.24) is 0 Å². The molecule has 98 valence electrons. The van der Waals surface area contributed by atoms with Crippen LogP contribution in [0.3, 0.4) is 0 Å². The number of rotatable bonds is 6. The summed E-state index contributed by atoms with van der Waals surface area (Å²) in [5.41, 5.74) is 0.352. The number of ether oxygens (including phenoxy) is 1. The molecule has 0 amide bonds. The molecule has 0 aliphatic carbocycles. The topological polar surface area (TPSA) is 63.6 Å². The number of carboxylic acids is 1. The van der Waals surface area contributed by atoms with E-state index in [1.54, 1.807) is 6.07 Å². The van der Waals surface area contributed by atoms with E-state index >= 15 is 0 Å². The zero-order chi connectivity index (χ0) is 13.5. The van der Waals surface area contributed by atoms with E-state index in [1.807, 2.05) is 0 Å². The highest BCUT2D eigenvalue weighted by Crippen LogP contribution is 2.16. The molecular weight excluding hydrogens is 259 g/mol. The molecule has 0 radical (unpaired) electrons. The largest absolute Gasteiger partial charge is 0.478 e. The number of benzene rings is 1. The summed E-state index contributed by atoms with van der Waals surface area (Å²) < 4.78 is 17.8. The molecular formula is C12H13FO4S. The summed E-state index contributed by atoms with van der Waals surface area (Å²) in [6.45, 7) is 0.